The molecule has 0 rings (SSSR count). The van der Waals surface area contributed by atoms with Crippen molar-refractivity contribution in [1.29, 1.82) is 0 Å². The summed E-state index contributed by atoms with van der Waals surface area (Å²) < 4.78 is 140. The summed E-state index contributed by atoms with van der Waals surface area (Å²) in [5.74, 6) is 0. The van der Waals surface area contributed by atoms with Gasteiger partial charge in [-0.1, -0.05) is 20.8 Å². The Bertz CT molecular complexity index is 374. The van der Waals surface area contributed by atoms with Crippen molar-refractivity contribution >= 4 is 126 Å². The molecule has 0 aromatic heterocycles. The molecule has 37 heavy (non-hydrogen) atoms. The van der Waals surface area contributed by atoms with Crippen LogP contribution < -0.4 is 0 Å². The average molecular weight is 1250 g/mol. The Hall–Kier alpha value is 2.77. The summed E-state index contributed by atoms with van der Waals surface area (Å²) in [7, 11) is 0. The maximum atomic E-state index is 8.82. The van der Waals surface area contributed by atoms with E-state index in [1.54, 1.807) is 0 Å². The van der Waals surface area contributed by atoms with E-state index in [4.69, 9.17) is 58.7 Å². The van der Waals surface area contributed by atoms with Gasteiger partial charge in [0.1, 0.15) is 0 Å². The van der Waals surface area contributed by atoms with Crippen LogP contribution in [-0.4, -0.2) is 191 Å². The molecule has 0 bridgehead atoms. The first-order chi connectivity index (χ1) is 13.7. The summed E-state index contributed by atoms with van der Waals surface area (Å²) in [6.07, 6.45) is 0. The van der Waals surface area contributed by atoms with Crippen molar-refractivity contribution in [3.8, 4) is 0 Å². The zero-order valence-electron chi connectivity index (χ0n) is 18.5. The summed E-state index contributed by atoms with van der Waals surface area (Å²) in [5.41, 5.74) is 0. The molecule has 0 aliphatic rings. The van der Waals surface area contributed by atoms with Crippen molar-refractivity contribution in [2.24, 2.45) is 0 Å². The molecule has 31 heteroatoms. The van der Waals surface area contributed by atoms with Crippen molar-refractivity contribution in [3.63, 3.8) is 0 Å². The van der Waals surface area contributed by atoms with E-state index in [0.29, 0.717) is 0 Å². The molecule has 0 fully saturated rings. The van der Waals surface area contributed by atoms with E-state index in [1.165, 1.54) is 19.6 Å². The van der Waals surface area contributed by atoms with Gasteiger partial charge >= 0.3 is 185 Å². The summed E-state index contributed by atoms with van der Waals surface area (Å²) in [6, 6.07) is 0. The fourth-order valence-electron chi connectivity index (χ4n) is 0.671. The van der Waals surface area contributed by atoms with Crippen molar-refractivity contribution < 1.29 is 87.0 Å². The van der Waals surface area contributed by atoms with Crippen LogP contribution in [0.2, 0.25) is 0 Å². The fourth-order valence-corrected chi connectivity index (χ4v) is 0.671. The number of nitrogens with zero attached hydrogens (tertiary/aromatic N) is 1. The Kier molecular flexibility index (Phi) is 174. The molecule has 0 aromatic carbocycles. The van der Waals surface area contributed by atoms with Gasteiger partial charge in [0.2, 0.25) is 0 Å². The molecule has 0 atom stereocenters. The SMILES string of the molecule is CCN(CC)CC.F.F.F.F.F.F.[O]=[Sb]([OH])[OH].[O]=[Sb]([OH])[OH].[O]=[Sb]([OH])[OH].[O]=[Sb]([OH])[OH].[O]=[Sb]([OH])[OH].[O]=[Sb]([OH])[OH]. The van der Waals surface area contributed by atoms with Gasteiger partial charge in [0.05, 0.1) is 0 Å². The van der Waals surface area contributed by atoms with Crippen LogP contribution in [0.5, 0.6) is 0 Å². The monoisotopic (exact) mass is 1250 g/mol. The van der Waals surface area contributed by atoms with Gasteiger partial charge < -0.3 is 4.90 Å². The first-order valence-corrected chi connectivity index (χ1v) is 26.5. The summed E-state index contributed by atoms with van der Waals surface area (Å²) in [6.45, 7) is 10.1. The van der Waals surface area contributed by atoms with Crippen LogP contribution in [0.3, 0.4) is 0 Å². The Morgan fingerprint density at radius 2 is 0.405 bits per heavy atom. The molecule has 0 heterocycles. The quantitative estimate of drug-likeness (QED) is 0.0923. The van der Waals surface area contributed by atoms with Crippen LogP contribution >= 0.6 is 0 Å². The van der Waals surface area contributed by atoms with Gasteiger partial charge in [0.15, 0.2) is 0 Å². The molecular weight excluding hydrogens is 1220 g/mol. The van der Waals surface area contributed by atoms with E-state index >= 15 is 0 Å². The number of halogens is 6. The topological polar surface area (TPSA) is 348 Å². The van der Waals surface area contributed by atoms with E-state index in [0.717, 1.165) is 0 Å². The maximum absolute atomic E-state index is 8.82. The minimum atomic E-state index is -3.70. The summed E-state index contributed by atoms with van der Waals surface area (Å²) in [5, 5.41) is 0. The van der Waals surface area contributed by atoms with Gasteiger partial charge in [-0.2, -0.15) is 0 Å². The first kappa shape index (κ1) is 83.4. The van der Waals surface area contributed by atoms with Gasteiger partial charge in [-0.25, -0.2) is 0 Å². The van der Waals surface area contributed by atoms with Crippen LogP contribution in [0.1, 0.15) is 20.8 Å². The van der Waals surface area contributed by atoms with E-state index in [9.17, 15) is 0 Å². The molecule has 0 aliphatic carbocycles. The van der Waals surface area contributed by atoms with Gasteiger partial charge in [-0.05, 0) is 19.6 Å². The second-order valence-electron chi connectivity index (χ2n) is 3.14. The van der Waals surface area contributed by atoms with Crippen LogP contribution in [0.4, 0.5) is 28.2 Å². The minimum absolute atomic E-state index is 0. The normalized spacial score (nSPS) is 6.16. The van der Waals surface area contributed by atoms with Crippen molar-refractivity contribution in [1.82, 2.24) is 4.90 Å². The predicted octanol–water partition coefficient (Wildman–Crippen LogP) is -7.42. The third kappa shape index (κ3) is 682. The molecule has 0 spiro atoms. The van der Waals surface area contributed by atoms with E-state index < -0.39 is 126 Å². The Morgan fingerprint density at radius 3 is 0.405 bits per heavy atom. The second-order valence-corrected chi connectivity index (χ2v) is 11.8. The fraction of sp³-hybridized carbons (Fsp3) is 1.00. The second kappa shape index (κ2) is 77.2. The molecule has 19 nitrogen and oxygen atoms in total. The summed E-state index contributed by atoms with van der Waals surface area (Å²) in [4.78, 5) is 2.38. The zero-order valence-corrected chi connectivity index (χ0v) is 33.8. The molecule has 0 saturated heterocycles. The zero-order chi connectivity index (χ0) is 27.2. The molecule has 0 saturated carbocycles. The molecule has 0 aliphatic heterocycles. The molecule has 0 aromatic rings. The number of hydrogen-bond donors (Lipinski definition) is 12. The van der Waals surface area contributed by atoms with E-state index in [1.807, 2.05) is 0 Å². The molecule has 0 amide bonds. The Morgan fingerprint density at radius 1 is 0.351 bits per heavy atom. The third-order valence-electron chi connectivity index (χ3n) is 1.34. The van der Waals surface area contributed by atoms with E-state index in [-0.39, 0.29) is 28.2 Å². The van der Waals surface area contributed by atoms with Crippen molar-refractivity contribution in [2.75, 3.05) is 19.6 Å². The van der Waals surface area contributed by atoms with Crippen LogP contribution in [-0.2, 0) is 18.1 Å². The van der Waals surface area contributed by atoms with Crippen molar-refractivity contribution in [3.05, 3.63) is 0 Å². The van der Waals surface area contributed by atoms with Crippen LogP contribution in [0.15, 0.2) is 0 Å². The predicted molar refractivity (Wildman–Crippen MR) is 114 cm³/mol. The molecule has 0 unspecified atom stereocenters. The number of rotatable bonds is 3. The first-order valence-electron chi connectivity index (χ1n) is 6.57. The van der Waals surface area contributed by atoms with Crippen LogP contribution in [0.25, 0.3) is 0 Å². The van der Waals surface area contributed by atoms with Crippen molar-refractivity contribution in [2.45, 2.75) is 20.8 Å². The number of hydrogen-bond acceptors (Lipinski definition) is 7. The van der Waals surface area contributed by atoms with Crippen LogP contribution in [0, 0.1) is 0 Å². The molecule has 6 radical (unpaired) electrons. The standard InChI is InChI=1S/C6H15N.6FH.12H2O.6O.6Sb/c1-4-7(5-2)6-3;;;;;;;;;;;;;;;;;;;;;;;;;;;;;;/h4-6H2,1-3H3;6*1H;12*1H2;;;;;;;;;;;;/q;;;;;;;;;;;;;;;;;;;;;;;;;6*+2/p-12. The van der Waals surface area contributed by atoms with Gasteiger partial charge in [-0.3, -0.25) is 28.2 Å². The van der Waals surface area contributed by atoms with Gasteiger partial charge in [0.25, 0.3) is 0 Å². The Balaban J connectivity index is -0.0000000163. The van der Waals surface area contributed by atoms with Gasteiger partial charge in [0, 0.05) is 0 Å². The molecular formula is C6H33F6NO18Sb6. The summed E-state index contributed by atoms with van der Waals surface area (Å²) >= 11 is -22.2. The molecule has 12 N–H and O–H groups in total. The Labute approximate surface area is 255 Å². The van der Waals surface area contributed by atoms with Gasteiger partial charge in [-0.15, -0.1) is 0 Å². The van der Waals surface area contributed by atoms with E-state index in [2.05, 4.69) is 25.7 Å². The molecule has 242 valence electrons. The average Bonchev–Trinajstić information content (AvgIpc) is 2.45. The third-order valence-corrected chi connectivity index (χ3v) is 1.34.